The second-order valence-electron chi connectivity index (χ2n) is 7.68. The smallest absolute Gasteiger partial charge is 0.209 e. The first-order valence-electron chi connectivity index (χ1n) is 9.98. The third-order valence-corrected chi connectivity index (χ3v) is 7.81. The molecular weight excluding hydrogens is 412 g/mol. The quantitative estimate of drug-likeness (QED) is 0.633. The zero-order chi connectivity index (χ0) is 20.4. The van der Waals surface area contributed by atoms with E-state index in [2.05, 4.69) is 14.9 Å². The van der Waals surface area contributed by atoms with Crippen molar-refractivity contribution < 1.29 is 13.2 Å². The van der Waals surface area contributed by atoms with Crippen molar-refractivity contribution in [1.82, 2.24) is 24.5 Å². The standard InChI is InChI=1S/C18H28N6O3S2/c1-28-18-20-16(23-8-10-27-11-9-23)17-19-14(13-24(17)21-18)12-22-6-3-4-15(5-7-22)29(2,25)26/h13,15H,3-12H2,1-2H3. The summed E-state index contributed by atoms with van der Waals surface area (Å²) >= 11 is 1.52. The molecule has 4 heterocycles. The van der Waals surface area contributed by atoms with Crippen molar-refractivity contribution in [2.45, 2.75) is 36.2 Å². The Morgan fingerprint density at radius 2 is 1.97 bits per heavy atom. The van der Waals surface area contributed by atoms with Crippen molar-refractivity contribution >= 4 is 33.1 Å². The number of anilines is 1. The van der Waals surface area contributed by atoms with Crippen LogP contribution in [0.25, 0.3) is 5.65 Å². The zero-order valence-corrected chi connectivity index (χ0v) is 18.6. The number of sulfone groups is 1. The number of ether oxygens (including phenoxy) is 1. The lowest BCUT2D eigenvalue weighted by Crippen LogP contribution is -2.37. The summed E-state index contributed by atoms with van der Waals surface area (Å²) < 4.78 is 31.1. The number of morpholine rings is 1. The molecule has 0 radical (unpaired) electrons. The van der Waals surface area contributed by atoms with Crippen LogP contribution < -0.4 is 4.90 Å². The van der Waals surface area contributed by atoms with E-state index < -0.39 is 9.84 Å². The predicted molar refractivity (Wildman–Crippen MR) is 113 cm³/mol. The molecule has 2 aromatic heterocycles. The third-order valence-electron chi connectivity index (χ3n) is 5.58. The lowest BCUT2D eigenvalue weighted by atomic mass is 10.2. The number of likely N-dealkylation sites (tertiary alicyclic amines) is 1. The number of hydrogen-bond donors (Lipinski definition) is 0. The highest BCUT2D eigenvalue weighted by Crippen LogP contribution is 2.24. The number of aromatic nitrogens is 4. The summed E-state index contributed by atoms with van der Waals surface area (Å²) in [5.74, 6) is 0.854. The van der Waals surface area contributed by atoms with Gasteiger partial charge >= 0.3 is 0 Å². The van der Waals surface area contributed by atoms with Gasteiger partial charge in [-0.3, -0.25) is 4.90 Å². The van der Waals surface area contributed by atoms with Crippen molar-refractivity contribution in [3.05, 3.63) is 11.9 Å². The van der Waals surface area contributed by atoms with Gasteiger partial charge in [0, 0.05) is 25.9 Å². The fraction of sp³-hybridized carbons (Fsp3) is 0.722. The lowest BCUT2D eigenvalue weighted by Gasteiger charge is -2.27. The van der Waals surface area contributed by atoms with E-state index in [0.29, 0.717) is 31.3 Å². The highest BCUT2D eigenvalue weighted by molar-refractivity contribution is 7.98. The van der Waals surface area contributed by atoms with Crippen LogP contribution in [0.15, 0.2) is 11.4 Å². The van der Waals surface area contributed by atoms with Crippen LogP contribution in [0.2, 0.25) is 0 Å². The topological polar surface area (TPSA) is 92.9 Å². The van der Waals surface area contributed by atoms with E-state index in [4.69, 9.17) is 14.7 Å². The van der Waals surface area contributed by atoms with Crippen molar-refractivity contribution in [2.75, 3.05) is 56.8 Å². The van der Waals surface area contributed by atoms with Crippen LogP contribution >= 0.6 is 11.8 Å². The van der Waals surface area contributed by atoms with Gasteiger partial charge < -0.3 is 9.64 Å². The summed E-state index contributed by atoms with van der Waals surface area (Å²) in [4.78, 5) is 14.1. The average Bonchev–Trinajstić information content (AvgIpc) is 2.95. The Bertz CT molecular complexity index is 958. The molecule has 2 aliphatic heterocycles. The van der Waals surface area contributed by atoms with Gasteiger partial charge in [-0.2, -0.15) is 4.98 Å². The van der Waals surface area contributed by atoms with Gasteiger partial charge in [0.2, 0.25) is 5.16 Å². The number of thioether (sulfide) groups is 1. The van der Waals surface area contributed by atoms with Crippen LogP contribution in [-0.2, 0) is 21.1 Å². The predicted octanol–water partition coefficient (Wildman–Crippen LogP) is 1.08. The maximum atomic E-state index is 11.9. The fourth-order valence-electron chi connectivity index (χ4n) is 3.99. The third kappa shape index (κ3) is 4.84. The molecule has 0 spiro atoms. The minimum Gasteiger partial charge on any atom is -0.378 e. The highest BCUT2D eigenvalue weighted by Gasteiger charge is 2.25. The molecule has 2 aromatic rings. The average molecular weight is 441 g/mol. The summed E-state index contributed by atoms with van der Waals surface area (Å²) in [5, 5.41) is 5.07. The number of hydrogen-bond acceptors (Lipinski definition) is 9. The van der Waals surface area contributed by atoms with Gasteiger partial charge in [-0.1, -0.05) is 11.8 Å². The molecule has 0 bridgehead atoms. The summed E-state index contributed by atoms with van der Waals surface area (Å²) in [6.07, 6.45) is 7.61. The molecule has 0 N–H and O–H groups in total. The molecule has 0 amide bonds. The van der Waals surface area contributed by atoms with E-state index >= 15 is 0 Å². The Hall–Kier alpha value is -1.43. The molecule has 0 aliphatic carbocycles. The second kappa shape index (κ2) is 8.75. The largest absolute Gasteiger partial charge is 0.378 e. The first kappa shape index (κ1) is 20.8. The van der Waals surface area contributed by atoms with Gasteiger partial charge in [-0.25, -0.2) is 17.9 Å². The van der Waals surface area contributed by atoms with Crippen molar-refractivity contribution in [3.8, 4) is 0 Å². The minimum atomic E-state index is -2.97. The van der Waals surface area contributed by atoms with E-state index in [1.807, 2.05) is 17.0 Å². The first-order valence-corrected chi connectivity index (χ1v) is 13.2. The molecular formula is C18H28N6O3S2. The van der Waals surface area contributed by atoms with Crippen LogP contribution in [0.5, 0.6) is 0 Å². The molecule has 160 valence electrons. The van der Waals surface area contributed by atoms with Gasteiger partial charge in [0.05, 0.1) is 30.4 Å². The van der Waals surface area contributed by atoms with Gasteiger partial charge in [0.15, 0.2) is 11.5 Å². The molecule has 4 rings (SSSR count). The molecule has 9 nitrogen and oxygen atoms in total. The minimum absolute atomic E-state index is 0.225. The van der Waals surface area contributed by atoms with E-state index in [-0.39, 0.29) is 5.25 Å². The molecule has 2 saturated heterocycles. The van der Waals surface area contributed by atoms with Crippen molar-refractivity contribution in [2.24, 2.45) is 0 Å². The van der Waals surface area contributed by atoms with Gasteiger partial charge in [-0.05, 0) is 38.6 Å². The highest BCUT2D eigenvalue weighted by atomic mass is 32.2. The van der Waals surface area contributed by atoms with E-state index in [1.165, 1.54) is 18.0 Å². The number of imidazole rings is 1. The molecule has 11 heteroatoms. The molecule has 1 atom stereocenters. The van der Waals surface area contributed by atoms with Gasteiger partial charge in [0.1, 0.15) is 9.84 Å². The Morgan fingerprint density at radius 1 is 1.17 bits per heavy atom. The molecule has 0 aromatic carbocycles. The molecule has 0 saturated carbocycles. The van der Waals surface area contributed by atoms with Crippen molar-refractivity contribution in [3.63, 3.8) is 0 Å². The molecule has 1 unspecified atom stereocenters. The lowest BCUT2D eigenvalue weighted by molar-refractivity contribution is 0.122. The number of fused-ring (bicyclic) bond motifs is 1. The molecule has 2 aliphatic rings. The van der Waals surface area contributed by atoms with E-state index in [9.17, 15) is 8.42 Å². The fourth-order valence-corrected chi connectivity index (χ4v) is 5.47. The monoisotopic (exact) mass is 440 g/mol. The van der Waals surface area contributed by atoms with Crippen LogP contribution in [0.1, 0.15) is 25.0 Å². The van der Waals surface area contributed by atoms with E-state index in [0.717, 1.165) is 56.2 Å². The SMILES string of the molecule is CSc1nc(N2CCOCC2)c2nc(CN3CCCC(S(C)(=O)=O)CC3)cn2n1. The Labute approximate surface area is 175 Å². The molecule has 29 heavy (non-hydrogen) atoms. The number of rotatable bonds is 5. The maximum absolute atomic E-state index is 11.9. The zero-order valence-electron chi connectivity index (χ0n) is 17.0. The van der Waals surface area contributed by atoms with Gasteiger partial charge in [0.25, 0.3) is 0 Å². The Morgan fingerprint density at radius 3 is 2.69 bits per heavy atom. The molecule has 2 fully saturated rings. The van der Waals surface area contributed by atoms with Crippen molar-refractivity contribution in [1.29, 1.82) is 0 Å². The van der Waals surface area contributed by atoms with Crippen LogP contribution in [-0.4, -0.2) is 90.1 Å². The first-order chi connectivity index (χ1) is 13.9. The summed E-state index contributed by atoms with van der Waals surface area (Å²) in [5.41, 5.74) is 1.70. The summed E-state index contributed by atoms with van der Waals surface area (Å²) in [6, 6.07) is 0. The van der Waals surface area contributed by atoms with Crippen LogP contribution in [0, 0.1) is 0 Å². The second-order valence-corrected chi connectivity index (χ2v) is 10.8. The van der Waals surface area contributed by atoms with E-state index in [1.54, 1.807) is 0 Å². The summed E-state index contributed by atoms with van der Waals surface area (Å²) in [6.45, 7) is 5.31. The van der Waals surface area contributed by atoms with Gasteiger partial charge in [-0.15, -0.1) is 5.10 Å². The van der Waals surface area contributed by atoms with Crippen LogP contribution in [0.3, 0.4) is 0 Å². The normalized spacial score (nSPS) is 22.1. The summed E-state index contributed by atoms with van der Waals surface area (Å²) in [7, 11) is -2.97. The van der Waals surface area contributed by atoms with Crippen LogP contribution in [0.4, 0.5) is 5.82 Å². The Kier molecular flexibility index (Phi) is 6.28. The Balaban J connectivity index is 1.55. The maximum Gasteiger partial charge on any atom is 0.209 e. The number of nitrogens with zero attached hydrogens (tertiary/aromatic N) is 6.